The highest BCUT2D eigenvalue weighted by Gasteiger charge is 2.47. The summed E-state index contributed by atoms with van der Waals surface area (Å²) in [5.41, 5.74) is 26.9. The summed E-state index contributed by atoms with van der Waals surface area (Å²) in [7, 11) is 0. The van der Waals surface area contributed by atoms with E-state index in [0.717, 1.165) is 95.8 Å². The van der Waals surface area contributed by atoms with Crippen LogP contribution in [0.5, 0.6) is 23.0 Å². The van der Waals surface area contributed by atoms with Crippen molar-refractivity contribution < 1.29 is 33.7 Å². The van der Waals surface area contributed by atoms with Gasteiger partial charge < -0.3 is 56.5 Å². The molecule has 6 heterocycles. The fourth-order valence-corrected chi connectivity index (χ4v) is 12.0. The van der Waals surface area contributed by atoms with E-state index in [-0.39, 0.29) is 39.8 Å². The molecule has 6 aliphatic heterocycles. The van der Waals surface area contributed by atoms with E-state index in [4.69, 9.17) is 54.6 Å². The lowest BCUT2D eigenvalue weighted by atomic mass is 9.73. The fourth-order valence-electron chi connectivity index (χ4n) is 11.7. The van der Waals surface area contributed by atoms with Crippen LogP contribution in [0.15, 0.2) is 127 Å². The number of nitrogens with one attached hydrogen (secondary N) is 1. The smallest absolute Gasteiger partial charge is 0.317 e. The number of phenolic OH excluding ortho intramolecular Hbond substituents is 1. The third-order valence-electron chi connectivity index (χ3n) is 16.6. The number of phenols is 1. The Kier molecular flexibility index (Phi) is 16.7. The normalized spacial score (nSPS) is 18.8. The van der Waals surface area contributed by atoms with E-state index in [2.05, 4.69) is 35.4 Å². The monoisotopic (exact) mass is 1100 g/mol. The Balaban J connectivity index is 0.000000134. The number of ether oxygens (including phenoxy) is 3. The van der Waals surface area contributed by atoms with Gasteiger partial charge in [0.15, 0.2) is 0 Å². The molecule has 3 fully saturated rings. The predicted octanol–water partition coefficient (Wildman–Crippen LogP) is 8.84. The third-order valence-corrected chi connectivity index (χ3v) is 17.3. The van der Waals surface area contributed by atoms with E-state index in [0.29, 0.717) is 94.2 Å². The van der Waals surface area contributed by atoms with Crippen LogP contribution in [-0.2, 0) is 58.6 Å². The van der Waals surface area contributed by atoms with Gasteiger partial charge in [0.1, 0.15) is 23.0 Å². The number of carbonyl (C=O) groups is 3. The molecule has 79 heavy (non-hydrogen) atoms. The molecule has 6 aliphatic rings. The van der Waals surface area contributed by atoms with Gasteiger partial charge in [0.2, 0.25) is 5.91 Å². The molecule has 3 spiro atoms. The summed E-state index contributed by atoms with van der Waals surface area (Å²) < 4.78 is 17.7. The zero-order valence-electron chi connectivity index (χ0n) is 44.3. The molecule has 4 amide bonds. The largest absolute Gasteiger partial charge is 0.508 e. The highest BCUT2D eigenvalue weighted by Crippen LogP contribution is 2.49. The van der Waals surface area contributed by atoms with Crippen molar-refractivity contribution in [1.82, 2.24) is 20.0 Å². The maximum atomic E-state index is 12.9. The van der Waals surface area contributed by atoms with Crippen molar-refractivity contribution >= 4 is 41.0 Å². The number of rotatable bonds is 7. The van der Waals surface area contributed by atoms with Gasteiger partial charge in [-0.3, -0.25) is 9.59 Å². The first kappa shape index (κ1) is 55.1. The number of hydrogen-bond acceptors (Lipinski definition) is 10. The highest BCUT2D eigenvalue weighted by molar-refractivity contribution is 6.42. The van der Waals surface area contributed by atoms with Crippen molar-refractivity contribution in [3.8, 4) is 34.8 Å². The Morgan fingerprint density at radius 3 is 1.58 bits per heavy atom. The van der Waals surface area contributed by atoms with Crippen molar-refractivity contribution in [1.29, 1.82) is 0 Å². The number of hydrogen-bond donors (Lipinski definition) is 5. The van der Waals surface area contributed by atoms with E-state index in [9.17, 15) is 19.5 Å². The Labute approximate surface area is 472 Å². The molecule has 12 rings (SSSR count). The zero-order chi connectivity index (χ0) is 55.2. The molecule has 6 aromatic rings. The van der Waals surface area contributed by atoms with Gasteiger partial charge in [-0.05, 0) is 115 Å². The summed E-state index contributed by atoms with van der Waals surface area (Å²) in [5.74, 6) is 8.55. The minimum Gasteiger partial charge on any atom is -0.508 e. The number of nitrogens with zero attached hydrogens (tertiary/aromatic N) is 3. The maximum Gasteiger partial charge on any atom is 0.317 e. The van der Waals surface area contributed by atoms with Crippen LogP contribution in [-0.4, -0.2) is 90.2 Å². The maximum absolute atomic E-state index is 12.9. The summed E-state index contributed by atoms with van der Waals surface area (Å²) in [6.07, 6.45) is 4.90. The van der Waals surface area contributed by atoms with E-state index >= 15 is 0 Å². The van der Waals surface area contributed by atoms with Gasteiger partial charge in [-0.2, -0.15) is 0 Å². The van der Waals surface area contributed by atoms with E-state index in [1.807, 2.05) is 93.6 Å². The molecule has 0 aliphatic carbocycles. The molecule has 16 heteroatoms. The first-order valence-electron chi connectivity index (χ1n) is 27.1. The molecule has 3 saturated heterocycles. The van der Waals surface area contributed by atoms with Crippen LogP contribution in [0.3, 0.4) is 0 Å². The molecule has 6 aromatic carbocycles. The number of aromatic hydroxyl groups is 1. The number of urea groups is 1. The van der Waals surface area contributed by atoms with Gasteiger partial charge in [-0.15, -0.1) is 0 Å². The van der Waals surface area contributed by atoms with Gasteiger partial charge in [0, 0.05) is 116 Å². The van der Waals surface area contributed by atoms with Crippen molar-refractivity contribution in [3.63, 3.8) is 0 Å². The van der Waals surface area contributed by atoms with Gasteiger partial charge in [0.25, 0.3) is 5.91 Å². The molecule has 1 unspecified atom stereocenters. The number of likely N-dealkylation sites (tertiary alicyclic amines) is 3. The standard InChI is InChI=1S/C22H22N2O3.C21H25N3O2.C20H20Cl2N2O2/c23-14-17-3-7-20-19(13-17)22(15-27-20)9-11-24(12-10-22)21(26)8-4-16-1-5-18(25)6-2-16;22-13-17-6-7-19-18(12-17)21(15-26-19)8-10-24(11-9-21)20(25)23-14-16-4-2-1-3-5-16;21-16-3-1-14(8-17(16)22)11-24-6-5-20(9-19(24)25)12-26-18-4-2-13(10-23)7-15(18)20/h1-3,5-7,13,25H,9-12,14-15,23H2;1-7,12H,8-11,13-15,22H2,(H,23,25);1-4,7-8H,5-6,9-12,23H2. The summed E-state index contributed by atoms with van der Waals surface area (Å²) in [5, 5.41) is 13.4. The second-order valence-electron chi connectivity index (χ2n) is 21.5. The van der Waals surface area contributed by atoms with Crippen LogP contribution < -0.4 is 36.7 Å². The Bertz CT molecular complexity index is 3260. The van der Waals surface area contributed by atoms with Crippen LogP contribution >= 0.6 is 23.2 Å². The lowest BCUT2D eigenvalue weighted by Gasteiger charge is -2.38. The second-order valence-corrected chi connectivity index (χ2v) is 22.3. The van der Waals surface area contributed by atoms with Crippen LogP contribution in [0, 0.1) is 11.8 Å². The van der Waals surface area contributed by atoms with Gasteiger partial charge >= 0.3 is 6.03 Å². The zero-order valence-corrected chi connectivity index (χ0v) is 45.8. The van der Waals surface area contributed by atoms with Crippen LogP contribution in [0.25, 0.3) is 0 Å². The number of carbonyl (C=O) groups excluding carboxylic acids is 3. The predicted molar refractivity (Wildman–Crippen MR) is 306 cm³/mol. The second kappa shape index (κ2) is 24.0. The molecule has 0 aromatic heterocycles. The minimum absolute atomic E-state index is 0.0125. The van der Waals surface area contributed by atoms with Crippen molar-refractivity contribution in [2.24, 2.45) is 17.2 Å². The lowest BCUT2D eigenvalue weighted by molar-refractivity contribution is -0.136. The number of amides is 4. The van der Waals surface area contributed by atoms with Gasteiger partial charge in [0.05, 0.1) is 29.9 Å². The van der Waals surface area contributed by atoms with Crippen LogP contribution in [0.2, 0.25) is 10.0 Å². The Hall–Kier alpha value is -7.25. The summed E-state index contributed by atoms with van der Waals surface area (Å²) in [6, 6.07) is 40.5. The summed E-state index contributed by atoms with van der Waals surface area (Å²) in [6.45, 7) is 8.09. The molecule has 410 valence electrons. The molecular formula is C63H67Cl2N7O7. The van der Waals surface area contributed by atoms with Crippen LogP contribution in [0.1, 0.15) is 88.6 Å². The van der Waals surface area contributed by atoms with Gasteiger partial charge in [-0.1, -0.05) is 102 Å². The molecule has 0 radical (unpaired) electrons. The number of benzene rings is 6. The Morgan fingerprint density at radius 2 is 1.06 bits per heavy atom. The number of piperidine rings is 3. The number of halogens is 2. The van der Waals surface area contributed by atoms with E-state index < -0.39 is 0 Å². The molecule has 1 atom stereocenters. The minimum atomic E-state index is -0.230. The number of fused-ring (bicyclic) bond motifs is 6. The quantitative estimate of drug-likeness (QED) is 0.0963. The SMILES string of the molecule is NCc1ccc2c(c1)C1(CCN(C(=O)C#Cc3ccc(O)cc3)CC1)CO2.NCc1ccc2c(c1)C1(CCN(C(=O)NCc3ccccc3)CC1)CO2.NCc1ccc2c(c1)C1(CCN(Cc3ccc(Cl)c(Cl)c3)C(=O)C1)CO2. The summed E-state index contributed by atoms with van der Waals surface area (Å²) >= 11 is 12.1. The molecule has 0 saturated carbocycles. The molecule has 0 bridgehead atoms. The average molecular weight is 1110 g/mol. The number of nitrogens with two attached hydrogens (primary N) is 3. The molecule has 14 nitrogen and oxygen atoms in total. The van der Waals surface area contributed by atoms with Crippen molar-refractivity contribution in [2.45, 2.75) is 87.5 Å². The fraction of sp³-hybridized carbons (Fsp3) is 0.349. The lowest BCUT2D eigenvalue weighted by Crippen LogP contribution is -2.49. The molecule has 8 N–H and O–H groups in total. The molecular weight excluding hydrogens is 1040 g/mol. The average Bonchev–Trinajstić information content (AvgIpc) is 4.38. The van der Waals surface area contributed by atoms with Crippen LogP contribution in [0.4, 0.5) is 4.79 Å². The van der Waals surface area contributed by atoms with Crippen molar-refractivity contribution in [3.05, 3.63) is 188 Å². The topological polar surface area (TPSA) is 199 Å². The summed E-state index contributed by atoms with van der Waals surface area (Å²) in [4.78, 5) is 43.4. The van der Waals surface area contributed by atoms with E-state index in [1.165, 1.54) is 11.1 Å². The first-order chi connectivity index (χ1) is 38.3. The van der Waals surface area contributed by atoms with Crippen molar-refractivity contribution in [2.75, 3.05) is 52.5 Å². The Morgan fingerprint density at radius 1 is 0.570 bits per heavy atom. The first-order valence-corrected chi connectivity index (χ1v) is 27.8. The third kappa shape index (κ3) is 12.2. The van der Waals surface area contributed by atoms with E-state index in [1.54, 1.807) is 30.3 Å². The van der Waals surface area contributed by atoms with Gasteiger partial charge in [-0.25, -0.2) is 4.79 Å². The highest BCUT2D eigenvalue weighted by atomic mass is 35.5.